The predicted molar refractivity (Wildman–Crippen MR) is 162 cm³/mol. The topological polar surface area (TPSA) is 27.7 Å². The normalized spacial score (nSPS) is 11.7. The van der Waals surface area contributed by atoms with Crippen molar-refractivity contribution < 1.29 is 14.8 Å². The van der Waals surface area contributed by atoms with E-state index in [0.29, 0.717) is 0 Å². The van der Waals surface area contributed by atoms with E-state index in [4.69, 9.17) is 14.8 Å². The zero-order valence-corrected chi connectivity index (χ0v) is 22.5. The van der Waals surface area contributed by atoms with Gasteiger partial charge in [-0.3, -0.25) is 0 Å². The molecule has 3 heteroatoms. The maximum absolute atomic E-state index is 6.59. The fourth-order valence-corrected chi connectivity index (χ4v) is 5.44. The maximum atomic E-state index is 6.59. The predicted octanol–water partition coefficient (Wildman–Crippen LogP) is 8.85. The molecule has 6 rings (SSSR count). The number of hydrogen-bond acceptors (Lipinski definition) is 3. The maximum Gasteiger partial charge on any atom is 0.182 e. The van der Waals surface area contributed by atoms with Crippen LogP contribution in [0.25, 0.3) is 0 Å². The molecule has 0 saturated carbocycles. The standard InChI is InChI=1S/C38H30O3/c1-7-19-31(20-8-1)37(32-21-9-2-10-22-32,33-23-11-3-12-24-33)39-41-40-38(34-25-13-4-14-26-34,35-27-15-5-16-28-35)36-29-17-6-18-30-36/h1-30H. The summed E-state index contributed by atoms with van der Waals surface area (Å²) in [7, 11) is 0. The molecule has 3 nitrogen and oxygen atoms in total. The lowest BCUT2D eigenvalue weighted by Gasteiger charge is -2.37. The molecule has 0 aliphatic carbocycles. The van der Waals surface area contributed by atoms with Crippen molar-refractivity contribution in [2.75, 3.05) is 0 Å². The third-order valence-corrected chi connectivity index (χ3v) is 7.40. The van der Waals surface area contributed by atoms with Crippen LogP contribution in [0.5, 0.6) is 0 Å². The molecule has 0 fully saturated rings. The average molecular weight is 535 g/mol. The first-order valence-electron chi connectivity index (χ1n) is 13.7. The number of rotatable bonds is 10. The smallest absolute Gasteiger partial charge is 0.182 e. The SMILES string of the molecule is c1ccc(C(OOOC(c2ccccc2)(c2ccccc2)c2ccccc2)(c2ccccc2)c2ccccc2)cc1. The van der Waals surface area contributed by atoms with E-state index in [9.17, 15) is 0 Å². The summed E-state index contributed by atoms with van der Waals surface area (Å²) in [5.41, 5.74) is 3.23. The van der Waals surface area contributed by atoms with Gasteiger partial charge in [0.15, 0.2) is 11.2 Å². The summed E-state index contributed by atoms with van der Waals surface area (Å²) >= 11 is 0. The third-order valence-electron chi connectivity index (χ3n) is 7.40. The van der Waals surface area contributed by atoms with Crippen LogP contribution in [0.15, 0.2) is 182 Å². The molecule has 0 aliphatic heterocycles. The van der Waals surface area contributed by atoms with Crippen LogP contribution in [-0.4, -0.2) is 0 Å². The van der Waals surface area contributed by atoms with Gasteiger partial charge in [-0.25, -0.2) is 0 Å². The molecule has 0 saturated heterocycles. The first kappa shape index (κ1) is 26.4. The van der Waals surface area contributed by atoms with Crippen molar-refractivity contribution in [3.63, 3.8) is 0 Å². The van der Waals surface area contributed by atoms with Crippen LogP contribution in [-0.2, 0) is 26.0 Å². The van der Waals surface area contributed by atoms with Crippen molar-refractivity contribution in [3.05, 3.63) is 215 Å². The third kappa shape index (κ3) is 5.10. The Morgan fingerprint density at radius 3 is 0.585 bits per heavy atom. The first-order chi connectivity index (χ1) is 20.3. The minimum absolute atomic E-state index is 0.908. The van der Waals surface area contributed by atoms with E-state index in [-0.39, 0.29) is 0 Å². The average Bonchev–Trinajstić information content (AvgIpc) is 3.08. The molecule has 0 unspecified atom stereocenters. The van der Waals surface area contributed by atoms with Crippen LogP contribution < -0.4 is 0 Å². The number of hydrogen-bond donors (Lipinski definition) is 0. The molecule has 0 amide bonds. The first-order valence-corrected chi connectivity index (χ1v) is 13.7. The lowest BCUT2D eigenvalue weighted by atomic mass is 9.80. The van der Waals surface area contributed by atoms with E-state index in [2.05, 4.69) is 0 Å². The van der Waals surface area contributed by atoms with E-state index in [1.54, 1.807) is 0 Å². The van der Waals surface area contributed by atoms with Crippen molar-refractivity contribution in [1.29, 1.82) is 0 Å². The Hall–Kier alpha value is -4.80. The van der Waals surface area contributed by atoms with Gasteiger partial charge >= 0.3 is 0 Å². The fourth-order valence-electron chi connectivity index (χ4n) is 5.44. The van der Waals surface area contributed by atoms with Gasteiger partial charge < -0.3 is 0 Å². The Morgan fingerprint density at radius 2 is 0.415 bits per heavy atom. The van der Waals surface area contributed by atoms with E-state index in [1.165, 1.54) is 0 Å². The highest BCUT2D eigenvalue weighted by Gasteiger charge is 2.43. The second-order valence-corrected chi connectivity index (χ2v) is 9.79. The van der Waals surface area contributed by atoms with Crippen LogP contribution in [0.2, 0.25) is 0 Å². The largest absolute Gasteiger partial charge is 0.185 e. The van der Waals surface area contributed by atoms with Crippen molar-refractivity contribution >= 4 is 0 Å². The molecule has 0 aliphatic rings. The summed E-state index contributed by atoms with van der Waals surface area (Å²) in [5, 5.41) is 6.09. The highest BCUT2D eigenvalue weighted by Crippen LogP contribution is 2.44. The van der Waals surface area contributed by atoms with Gasteiger partial charge in [0.2, 0.25) is 0 Å². The van der Waals surface area contributed by atoms with Gasteiger partial charge in [-0.1, -0.05) is 187 Å². The zero-order chi connectivity index (χ0) is 27.8. The molecule has 41 heavy (non-hydrogen) atoms. The monoisotopic (exact) mass is 534 g/mol. The Morgan fingerprint density at radius 1 is 0.244 bits per heavy atom. The summed E-state index contributed by atoms with van der Waals surface area (Å²) in [4.78, 5) is 13.2. The second kappa shape index (κ2) is 12.2. The Balaban J connectivity index is 1.50. The molecule has 0 aromatic heterocycles. The summed E-state index contributed by atoms with van der Waals surface area (Å²) in [5.74, 6) is 0. The van der Waals surface area contributed by atoms with Gasteiger partial charge in [-0.2, -0.15) is 9.78 Å². The lowest BCUT2D eigenvalue weighted by Crippen LogP contribution is -2.37. The van der Waals surface area contributed by atoms with Crippen LogP contribution in [0.1, 0.15) is 33.4 Å². The van der Waals surface area contributed by atoms with Gasteiger partial charge in [-0.15, -0.1) is 0 Å². The summed E-state index contributed by atoms with van der Waals surface area (Å²) < 4.78 is 0. The van der Waals surface area contributed by atoms with Gasteiger partial charge in [-0.05, 0) is 33.4 Å². The van der Waals surface area contributed by atoms with Crippen LogP contribution in [0.3, 0.4) is 0 Å². The minimum atomic E-state index is -1.11. The molecule has 0 N–H and O–H groups in total. The van der Waals surface area contributed by atoms with Gasteiger partial charge in [0, 0.05) is 0 Å². The van der Waals surface area contributed by atoms with Gasteiger partial charge in [0.1, 0.15) is 0 Å². The molecule has 0 atom stereocenters. The highest BCUT2D eigenvalue weighted by molar-refractivity contribution is 5.48. The van der Waals surface area contributed by atoms with Crippen molar-refractivity contribution in [1.82, 2.24) is 0 Å². The minimum Gasteiger partial charge on any atom is -0.185 e. The summed E-state index contributed by atoms with van der Waals surface area (Å²) in [6, 6.07) is 60.5. The molecular weight excluding hydrogens is 504 g/mol. The fraction of sp³-hybridized carbons (Fsp3) is 0.0526. The molecular formula is C38H30O3. The lowest BCUT2D eigenvalue weighted by molar-refractivity contribution is -0.559. The molecule has 0 bridgehead atoms. The molecule has 0 heterocycles. The summed E-state index contributed by atoms with van der Waals surface area (Å²) in [6.07, 6.45) is 0. The van der Waals surface area contributed by atoms with E-state index < -0.39 is 11.2 Å². The van der Waals surface area contributed by atoms with E-state index in [1.807, 2.05) is 182 Å². The molecule has 6 aromatic rings. The van der Waals surface area contributed by atoms with Crippen LogP contribution in [0, 0.1) is 0 Å². The Bertz CT molecular complexity index is 1300. The number of benzene rings is 6. The van der Waals surface area contributed by atoms with Gasteiger partial charge in [0.05, 0.1) is 0 Å². The molecule has 6 aromatic carbocycles. The van der Waals surface area contributed by atoms with E-state index in [0.717, 1.165) is 33.4 Å². The van der Waals surface area contributed by atoms with Crippen molar-refractivity contribution in [2.24, 2.45) is 0 Å². The quantitative estimate of drug-likeness (QED) is 0.0998. The molecule has 200 valence electrons. The highest BCUT2D eigenvalue weighted by atomic mass is 17.5. The second-order valence-electron chi connectivity index (χ2n) is 9.79. The van der Waals surface area contributed by atoms with Crippen molar-refractivity contribution in [3.8, 4) is 0 Å². The molecule has 0 spiro atoms. The van der Waals surface area contributed by atoms with Crippen molar-refractivity contribution in [2.45, 2.75) is 11.2 Å². The zero-order valence-electron chi connectivity index (χ0n) is 22.5. The molecule has 0 radical (unpaired) electrons. The van der Waals surface area contributed by atoms with E-state index >= 15 is 0 Å². The summed E-state index contributed by atoms with van der Waals surface area (Å²) in [6.45, 7) is 0. The van der Waals surface area contributed by atoms with Gasteiger partial charge in [0.25, 0.3) is 0 Å². The Kier molecular flexibility index (Phi) is 7.83. The van der Waals surface area contributed by atoms with Crippen LogP contribution >= 0.6 is 0 Å². The van der Waals surface area contributed by atoms with Crippen LogP contribution in [0.4, 0.5) is 0 Å². The Labute approximate surface area is 241 Å².